The van der Waals surface area contributed by atoms with Crippen molar-refractivity contribution in [3.8, 4) is 0 Å². The molecular formula is C21H32N4O2. The fourth-order valence-electron chi connectivity index (χ4n) is 3.72. The molecule has 0 radical (unpaired) electrons. The molecule has 3 rings (SSSR count). The van der Waals surface area contributed by atoms with Crippen molar-refractivity contribution in [1.82, 2.24) is 20.0 Å². The molecule has 1 aromatic rings. The van der Waals surface area contributed by atoms with Gasteiger partial charge in [0.25, 0.3) is 0 Å². The Hall–Kier alpha value is -2.08. The number of nitrogens with zero attached hydrogens (tertiary/aromatic N) is 3. The fourth-order valence-corrected chi connectivity index (χ4v) is 3.72. The van der Waals surface area contributed by atoms with Gasteiger partial charge >= 0.3 is 6.03 Å². The number of nitrogens with one attached hydrogen (secondary N) is 1. The van der Waals surface area contributed by atoms with E-state index in [1.54, 1.807) is 0 Å². The molecule has 148 valence electrons. The summed E-state index contributed by atoms with van der Waals surface area (Å²) < 4.78 is 0. The van der Waals surface area contributed by atoms with Gasteiger partial charge in [-0.25, -0.2) is 4.79 Å². The van der Waals surface area contributed by atoms with E-state index in [9.17, 15) is 9.59 Å². The molecule has 6 nitrogen and oxygen atoms in total. The summed E-state index contributed by atoms with van der Waals surface area (Å²) in [6, 6.07) is 8.18. The van der Waals surface area contributed by atoms with E-state index in [1.807, 2.05) is 21.9 Å². The maximum atomic E-state index is 12.5. The summed E-state index contributed by atoms with van der Waals surface area (Å²) >= 11 is 0. The molecule has 0 spiro atoms. The van der Waals surface area contributed by atoms with Crippen LogP contribution in [0.4, 0.5) is 4.79 Å². The molecule has 27 heavy (non-hydrogen) atoms. The van der Waals surface area contributed by atoms with Crippen LogP contribution in [0, 0.1) is 6.92 Å². The number of urea groups is 1. The second-order valence-electron chi connectivity index (χ2n) is 7.70. The smallest absolute Gasteiger partial charge is 0.317 e. The second kappa shape index (κ2) is 9.74. The Bertz CT molecular complexity index is 616. The molecule has 0 aromatic heterocycles. The van der Waals surface area contributed by atoms with Crippen molar-refractivity contribution in [3.63, 3.8) is 0 Å². The van der Waals surface area contributed by atoms with Crippen LogP contribution in [0.25, 0.3) is 0 Å². The third-order valence-electron chi connectivity index (χ3n) is 5.54. The third-order valence-corrected chi connectivity index (χ3v) is 5.54. The number of carbonyl (C=O) groups is 2. The second-order valence-corrected chi connectivity index (χ2v) is 7.70. The fraction of sp³-hybridized carbons (Fsp3) is 0.619. The topological polar surface area (TPSA) is 55.9 Å². The standard InChI is InChI=1S/C21H32N4O2/c1-18-6-8-19(9-7-18)16-22-21(27)25-14-12-23(13-15-25)17-20(26)24-10-4-2-3-5-11-24/h6-9H,2-5,10-17H2,1H3,(H,22,27). The van der Waals surface area contributed by atoms with Crippen LogP contribution in [-0.4, -0.2) is 72.5 Å². The third kappa shape index (κ3) is 5.96. The number of hydrogen-bond donors (Lipinski definition) is 1. The molecule has 2 aliphatic rings. The Morgan fingerprint density at radius 3 is 2.11 bits per heavy atom. The number of rotatable bonds is 4. The minimum Gasteiger partial charge on any atom is -0.342 e. The van der Waals surface area contributed by atoms with Crippen LogP contribution in [0.5, 0.6) is 0 Å². The number of amides is 3. The van der Waals surface area contributed by atoms with Crippen molar-refractivity contribution < 1.29 is 9.59 Å². The van der Waals surface area contributed by atoms with Gasteiger partial charge in [0.1, 0.15) is 0 Å². The molecule has 0 unspecified atom stereocenters. The van der Waals surface area contributed by atoms with Crippen LogP contribution in [0.15, 0.2) is 24.3 Å². The minimum absolute atomic E-state index is 0.0194. The number of carbonyl (C=O) groups excluding carboxylic acids is 2. The summed E-state index contributed by atoms with van der Waals surface area (Å²) in [5.74, 6) is 0.245. The maximum Gasteiger partial charge on any atom is 0.317 e. The lowest BCUT2D eigenvalue weighted by Gasteiger charge is -2.35. The van der Waals surface area contributed by atoms with E-state index in [0.29, 0.717) is 26.2 Å². The van der Waals surface area contributed by atoms with E-state index >= 15 is 0 Å². The largest absolute Gasteiger partial charge is 0.342 e. The quantitative estimate of drug-likeness (QED) is 0.882. The van der Waals surface area contributed by atoms with Gasteiger partial charge < -0.3 is 15.1 Å². The zero-order chi connectivity index (χ0) is 19.1. The molecule has 2 aliphatic heterocycles. The van der Waals surface area contributed by atoms with Gasteiger partial charge in [0.05, 0.1) is 6.54 Å². The van der Waals surface area contributed by atoms with Crippen LogP contribution >= 0.6 is 0 Å². The summed E-state index contributed by atoms with van der Waals surface area (Å²) in [5, 5.41) is 3.00. The predicted molar refractivity (Wildman–Crippen MR) is 106 cm³/mol. The molecule has 2 saturated heterocycles. The molecule has 1 N–H and O–H groups in total. The number of likely N-dealkylation sites (tertiary alicyclic amines) is 1. The van der Waals surface area contributed by atoms with Gasteiger partial charge in [-0.15, -0.1) is 0 Å². The summed E-state index contributed by atoms with van der Waals surface area (Å²) in [6.07, 6.45) is 4.72. The monoisotopic (exact) mass is 372 g/mol. The zero-order valence-corrected chi connectivity index (χ0v) is 16.5. The summed E-state index contributed by atoms with van der Waals surface area (Å²) in [6.45, 7) is 7.76. The van der Waals surface area contributed by atoms with Gasteiger partial charge in [0.15, 0.2) is 0 Å². The van der Waals surface area contributed by atoms with E-state index in [1.165, 1.54) is 18.4 Å². The lowest BCUT2D eigenvalue weighted by Crippen LogP contribution is -2.53. The molecule has 0 saturated carbocycles. The summed E-state index contributed by atoms with van der Waals surface area (Å²) in [5.41, 5.74) is 2.33. The van der Waals surface area contributed by atoms with Crippen molar-refractivity contribution >= 4 is 11.9 Å². The highest BCUT2D eigenvalue weighted by Crippen LogP contribution is 2.11. The first-order valence-electron chi connectivity index (χ1n) is 10.2. The normalized spacial score (nSPS) is 18.9. The highest BCUT2D eigenvalue weighted by molar-refractivity contribution is 5.78. The Labute approximate surface area is 162 Å². The van der Waals surface area contributed by atoms with Gasteiger partial charge in [-0.2, -0.15) is 0 Å². The Kier molecular flexibility index (Phi) is 7.10. The number of hydrogen-bond acceptors (Lipinski definition) is 3. The average molecular weight is 373 g/mol. The first-order valence-corrected chi connectivity index (χ1v) is 10.2. The Morgan fingerprint density at radius 1 is 0.852 bits per heavy atom. The first kappa shape index (κ1) is 19.7. The van der Waals surface area contributed by atoms with Gasteiger partial charge in [-0.1, -0.05) is 42.7 Å². The lowest BCUT2D eigenvalue weighted by molar-refractivity contribution is -0.132. The van der Waals surface area contributed by atoms with Crippen molar-refractivity contribution in [2.75, 3.05) is 45.8 Å². The van der Waals surface area contributed by atoms with Crippen LogP contribution in [0.2, 0.25) is 0 Å². The highest BCUT2D eigenvalue weighted by Gasteiger charge is 2.24. The van der Waals surface area contributed by atoms with Gasteiger partial charge in [0.2, 0.25) is 5.91 Å². The van der Waals surface area contributed by atoms with Crippen molar-refractivity contribution in [1.29, 1.82) is 0 Å². The van der Waals surface area contributed by atoms with Crippen LogP contribution in [0.1, 0.15) is 36.8 Å². The minimum atomic E-state index is -0.0194. The molecule has 3 amide bonds. The van der Waals surface area contributed by atoms with Crippen molar-refractivity contribution in [2.45, 2.75) is 39.2 Å². The average Bonchev–Trinajstić information content (AvgIpc) is 2.97. The van der Waals surface area contributed by atoms with E-state index in [4.69, 9.17) is 0 Å². The van der Waals surface area contributed by atoms with Crippen molar-refractivity contribution in [2.24, 2.45) is 0 Å². The van der Waals surface area contributed by atoms with Gasteiger partial charge in [0, 0.05) is 45.8 Å². The first-order chi connectivity index (χ1) is 13.1. The molecule has 1 aromatic carbocycles. The van der Waals surface area contributed by atoms with E-state index in [-0.39, 0.29) is 11.9 Å². The van der Waals surface area contributed by atoms with Gasteiger partial charge in [-0.3, -0.25) is 9.69 Å². The molecule has 0 atom stereocenters. The molecule has 6 heteroatoms. The Balaban J connectivity index is 1.38. The summed E-state index contributed by atoms with van der Waals surface area (Å²) in [4.78, 5) is 30.9. The molecular weight excluding hydrogens is 340 g/mol. The Morgan fingerprint density at radius 2 is 1.48 bits per heavy atom. The summed E-state index contributed by atoms with van der Waals surface area (Å²) in [7, 11) is 0. The van der Waals surface area contributed by atoms with E-state index in [2.05, 4.69) is 29.3 Å². The van der Waals surface area contributed by atoms with Gasteiger partial charge in [-0.05, 0) is 25.3 Å². The number of piperazine rings is 1. The molecule has 2 heterocycles. The number of aryl methyl sites for hydroxylation is 1. The maximum absolute atomic E-state index is 12.5. The molecule has 2 fully saturated rings. The van der Waals surface area contributed by atoms with Crippen LogP contribution in [0.3, 0.4) is 0 Å². The van der Waals surface area contributed by atoms with Crippen molar-refractivity contribution in [3.05, 3.63) is 35.4 Å². The lowest BCUT2D eigenvalue weighted by atomic mass is 10.1. The molecule has 0 bridgehead atoms. The van der Waals surface area contributed by atoms with Crippen LogP contribution < -0.4 is 5.32 Å². The SMILES string of the molecule is Cc1ccc(CNC(=O)N2CCN(CC(=O)N3CCCCCC3)CC2)cc1. The predicted octanol–water partition coefficient (Wildman–Crippen LogP) is 2.22. The van der Waals surface area contributed by atoms with E-state index < -0.39 is 0 Å². The molecule has 0 aliphatic carbocycles. The number of benzene rings is 1. The zero-order valence-electron chi connectivity index (χ0n) is 16.5. The highest BCUT2D eigenvalue weighted by atomic mass is 16.2. The van der Waals surface area contributed by atoms with E-state index in [0.717, 1.165) is 44.6 Å². The van der Waals surface area contributed by atoms with Crippen LogP contribution in [-0.2, 0) is 11.3 Å².